The average Bonchev–Trinajstić information content (AvgIpc) is 2.47. The molecule has 0 saturated heterocycles. The highest BCUT2D eigenvalue weighted by molar-refractivity contribution is 6.31. The number of nitrogens with zero attached hydrogens (tertiary/aromatic N) is 2. The summed E-state index contributed by atoms with van der Waals surface area (Å²) in [5.41, 5.74) is 4.77. The molecule has 0 amide bonds. The highest BCUT2D eigenvalue weighted by Gasteiger charge is 2.31. The van der Waals surface area contributed by atoms with Crippen LogP contribution in [0.2, 0.25) is 5.02 Å². The van der Waals surface area contributed by atoms with Crippen LogP contribution in [-0.2, 0) is 6.18 Å². The number of alkyl halides is 3. The minimum absolute atomic E-state index is 0.0330. The third kappa shape index (κ3) is 6.94. The Kier molecular flexibility index (Phi) is 7.41. The van der Waals surface area contributed by atoms with Gasteiger partial charge < -0.3 is 15.8 Å². The Balaban J connectivity index is 2.41. The first-order chi connectivity index (χ1) is 10.7. The van der Waals surface area contributed by atoms with Crippen molar-refractivity contribution in [2.45, 2.75) is 38.9 Å². The van der Waals surface area contributed by atoms with Crippen molar-refractivity contribution in [2.24, 2.45) is 10.7 Å². The lowest BCUT2D eigenvalue weighted by molar-refractivity contribution is -0.137. The second-order valence-corrected chi connectivity index (χ2v) is 5.34. The van der Waals surface area contributed by atoms with E-state index in [0.717, 1.165) is 12.5 Å². The molecule has 0 aromatic carbocycles. The zero-order valence-electron chi connectivity index (χ0n) is 13.0. The van der Waals surface area contributed by atoms with Crippen LogP contribution in [-0.4, -0.2) is 30.1 Å². The maximum Gasteiger partial charge on any atom is 0.417 e. The molecule has 0 bridgehead atoms. The summed E-state index contributed by atoms with van der Waals surface area (Å²) < 4.78 is 42.7. The molecule has 9 heteroatoms. The van der Waals surface area contributed by atoms with Crippen molar-refractivity contribution < 1.29 is 17.9 Å². The quantitative estimate of drug-likeness (QED) is 0.449. The van der Waals surface area contributed by atoms with E-state index in [-0.39, 0.29) is 23.6 Å². The number of nitrogens with two attached hydrogens (primary N) is 1. The highest BCUT2D eigenvalue weighted by atomic mass is 35.5. The van der Waals surface area contributed by atoms with E-state index in [1.165, 1.54) is 0 Å². The van der Waals surface area contributed by atoms with E-state index in [0.29, 0.717) is 25.1 Å². The molecule has 0 aliphatic carbocycles. The third-order valence-corrected chi connectivity index (χ3v) is 3.24. The van der Waals surface area contributed by atoms with Gasteiger partial charge in [-0.3, -0.25) is 4.99 Å². The first-order valence-electron chi connectivity index (χ1n) is 7.16. The smallest absolute Gasteiger partial charge is 0.417 e. The molecule has 130 valence electrons. The Morgan fingerprint density at radius 2 is 2.22 bits per heavy atom. The van der Waals surface area contributed by atoms with Gasteiger partial charge in [0.15, 0.2) is 5.96 Å². The number of aliphatic imine (C=N–C) groups is 1. The first kappa shape index (κ1) is 19.3. The van der Waals surface area contributed by atoms with Crippen LogP contribution in [0.5, 0.6) is 5.88 Å². The summed E-state index contributed by atoms with van der Waals surface area (Å²) in [4.78, 5) is 7.69. The van der Waals surface area contributed by atoms with Crippen molar-refractivity contribution in [3.05, 3.63) is 22.8 Å². The standard InChI is InChI=1S/C14H20ClF3N4O/c1-3-9(2)22-13(19)20-5-4-6-23-12-11(15)7-10(8-21-12)14(16,17)18/h7-9H,3-6H2,1-2H3,(H3,19,20,22). The molecule has 3 N–H and O–H groups in total. The minimum atomic E-state index is -4.48. The molecular weight excluding hydrogens is 333 g/mol. The van der Waals surface area contributed by atoms with Gasteiger partial charge in [0.1, 0.15) is 5.02 Å². The Hall–Kier alpha value is -1.70. The summed E-state index contributed by atoms with van der Waals surface area (Å²) in [7, 11) is 0. The maximum atomic E-state index is 12.5. The van der Waals surface area contributed by atoms with Crippen LogP contribution < -0.4 is 15.8 Å². The monoisotopic (exact) mass is 352 g/mol. The van der Waals surface area contributed by atoms with E-state index in [2.05, 4.69) is 15.3 Å². The van der Waals surface area contributed by atoms with Crippen molar-refractivity contribution in [1.82, 2.24) is 10.3 Å². The molecule has 0 saturated carbocycles. The summed E-state index contributed by atoms with van der Waals surface area (Å²) in [6, 6.07) is 1.03. The van der Waals surface area contributed by atoms with Gasteiger partial charge in [-0.15, -0.1) is 0 Å². The van der Waals surface area contributed by atoms with Crippen LogP contribution in [0.25, 0.3) is 0 Å². The largest absolute Gasteiger partial charge is 0.477 e. The van der Waals surface area contributed by atoms with E-state index in [9.17, 15) is 13.2 Å². The summed E-state index contributed by atoms with van der Waals surface area (Å²) >= 11 is 5.73. The predicted octanol–water partition coefficient (Wildman–Crippen LogP) is 3.23. The number of pyridine rings is 1. The van der Waals surface area contributed by atoms with E-state index < -0.39 is 11.7 Å². The van der Waals surface area contributed by atoms with Crippen molar-refractivity contribution in [2.75, 3.05) is 13.2 Å². The number of rotatable bonds is 7. The van der Waals surface area contributed by atoms with Gasteiger partial charge in [0.05, 0.1) is 12.2 Å². The molecule has 0 aliphatic heterocycles. The van der Waals surface area contributed by atoms with Gasteiger partial charge in [0.2, 0.25) is 5.88 Å². The number of nitrogens with one attached hydrogen (secondary N) is 1. The molecule has 1 unspecified atom stereocenters. The van der Waals surface area contributed by atoms with Gasteiger partial charge in [0, 0.05) is 25.2 Å². The van der Waals surface area contributed by atoms with Crippen molar-refractivity contribution in [3.63, 3.8) is 0 Å². The summed E-state index contributed by atoms with van der Waals surface area (Å²) in [6.45, 7) is 4.66. The van der Waals surface area contributed by atoms with Crippen LogP contribution in [0.3, 0.4) is 0 Å². The molecule has 1 aromatic rings. The summed E-state index contributed by atoms with van der Waals surface area (Å²) in [5, 5.41) is 2.84. The zero-order valence-corrected chi connectivity index (χ0v) is 13.7. The molecule has 0 radical (unpaired) electrons. The normalized spacial score (nSPS) is 13.7. The van der Waals surface area contributed by atoms with Crippen LogP contribution in [0.15, 0.2) is 17.3 Å². The molecule has 23 heavy (non-hydrogen) atoms. The SMILES string of the molecule is CCC(C)NC(N)=NCCCOc1ncc(C(F)(F)F)cc1Cl. The molecule has 1 atom stereocenters. The zero-order chi connectivity index (χ0) is 17.5. The minimum Gasteiger partial charge on any atom is -0.477 e. The molecular formula is C14H20ClF3N4O. The molecule has 5 nitrogen and oxygen atoms in total. The Labute approximate surface area is 138 Å². The molecule has 1 rings (SSSR count). The second kappa shape index (κ2) is 8.81. The van der Waals surface area contributed by atoms with E-state index >= 15 is 0 Å². The number of aromatic nitrogens is 1. The lowest BCUT2D eigenvalue weighted by Gasteiger charge is -2.12. The topological polar surface area (TPSA) is 72.5 Å². The van der Waals surface area contributed by atoms with Crippen molar-refractivity contribution >= 4 is 17.6 Å². The summed E-state index contributed by atoms with van der Waals surface area (Å²) in [5.74, 6) is 0.319. The van der Waals surface area contributed by atoms with Gasteiger partial charge in [-0.2, -0.15) is 13.2 Å². The highest BCUT2D eigenvalue weighted by Crippen LogP contribution is 2.33. The average molecular weight is 353 g/mol. The molecule has 1 aromatic heterocycles. The summed E-state index contributed by atoms with van der Waals surface area (Å²) in [6.07, 6.45) is -2.34. The van der Waals surface area contributed by atoms with Crippen molar-refractivity contribution in [1.29, 1.82) is 0 Å². The second-order valence-electron chi connectivity index (χ2n) is 4.93. The van der Waals surface area contributed by atoms with Crippen LogP contribution >= 0.6 is 11.6 Å². The molecule has 1 heterocycles. The fourth-order valence-corrected chi connectivity index (χ4v) is 1.74. The molecule has 0 aliphatic rings. The van der Waals surface area contributed by atoms with E-state index in [4.69, 9.17) is 22.1 Å². The number of ether oxygens (including phenoxy) is 1. The fourth-order valence-electron chi connectivity index (χ4n) is 1.52. The van der Waals surface area contributed by atoms with Gasteiger partial charge in [-0.05, 0) is 19.4 Å². The lowest BCUT2D eigenvalue weighted by Crippen LogP contribution is -2.38. The third-order valence-electron chi connectivity index (χ3n) is 2.96. The Morgan fingerprint density at radius 3 is 2.78 bits per heavy atom. The van der Waals surface area contributed by atoms with Crippen molar-refractivity contribution in [3.8, 4) is 5.88 Å². The fraction of sp³-hybridized carbons (Fsp3) is 0.571. The molecule has 0 fully saturated rings. The number of hydrogen-bond donors (Lipinski definition) is 2. The van der Waals surface area contributed by atoms with Crippen LogP contribution in [0, 0.1) is 0 Å². The Morgan fingerprint density at radius 1 is 1.52 bits per heavy atom. The first-order valence-corrected chi connectivity index (χ1v) is 7.53. The van der Waals surface area contributed by atoms with Gasteiger partial charge >= 0.3 is 6.18 Å². The Bertz CT molecular complexity index is 537. The number of guanidine groups is 1. The van der Waals surface area contributed by atoms with Crippen LogP contribution in [0.4, 0.5) is 13.2 Å². The predicted molar refractivity (Wildman–Crippen MR) is 83.7 cm³/mol. The number of hydrogen-bond acceptors (Lipinski definition) is 3. The number of halogens is 4. The van der Waals surface area contributed by atoms with E-state index in [1.54, 1.807) is 0 Å². The lowest BCUT2D eigenvalue weighted by atomic mass is 10.3. The van der Waals surface area contributed by atoms with E-state index in [1.807, 2.05) is 13.8 Å². The van der Waals surface area contributed by atoms with Crippen LogP contribution in [0.1, 0.15) is 32.3 Å². The van der Waals surface area contributed by atoms with Gasteiger partial charge in [-0.1, -0.05) is 18.5 Å². The van der Waals surface area contributed by atoms with Gasteiger partial charge in [0.25, 0.3) is 0 Å². The van der Waals surface area contributed by atoms with Gasteiger partial charge in [-0.25, -0.2) is 4.98 Å². The molecule has 0 spiro atoms. The maximum absolute atomic E-state index is 12.5.